The first-order valence-electron chi connectivity index (χ1n) is 8.39. The van der Waals surface area contributed by atoms with E-state index in [-0.39, 0.29) is 5.82 Å². The maximum Gasteiger partial charge on any atom is 0.332 e. The van der Waals surface area contributed by atoms with Crippen LogP contribution in [0, 0.1) is 16.5 Å². The third kappa shape index (κ3) is 2.79. The SMILES string of the molecule is N#Cc1ccc(-c2n(O)c(-c3ccccc3)c(-c3ccccc3)[n+]2[O-])cc1. The van der Waals surface area contributed by atoms with Gasteiger partial charge in [-0.3, -0.25) is 0 Å². The second kappa shape index (κ2) is 6.70. The van der Waals surface area contributed by atoms with Gasteiger partial charge in [0, 0.05) is 11.1 Å². The van der Waals surface area contributed by atoms with Gasteiger partial charge in [-0.2, -0.15) is 5.26 Å². The van der Waals surface area contributed by atoms with E-state index >= 15 is 0 Å². The summed E-state index contributed by atoms with van der Waals surface area (Å²) in [6.45, 7) is 0. The number of rotatable bonds is 3. The summed E-state index contributed by atoms with van der Waals surface area (Å²) in [5.74, 6) is 0.0946. The highest BCUT2D eigenvalue weighted by Crippen LogP contribution is 2.33. The maximum atomic E-state index is 13.2. The molecule has 0 aliphatic carbocycles. The molecule has 3 aromatic carbocycles. The highest BCUT2D eigenvalue weighted by molar-refractivity contribution is 5.78. The Balaban J connectivity index is 2.02. The van der Waals surface area contributed by atoms with Crippen molar-refractivity contribution in [2.45, 2.75) is 0 Å². The first-order chi connectivity index (χ1) is 13.2. The lowest BCUT2D eigenvalue weighted by Crippen LogP contribution is -2.30. The Morgan fingerprint density at radius 1 is 0.778 bits per heavy atom. The van der Waals surface area contributed by atoms with Gasteiger partial charge >= 0.3 is 5.82 Å². The molecule has 0 atom stereocenters. The number of hydrogen-bond donors (Lipinski definition) is 1. The molecule has 4 rings (SSSR count). The molecule has 4 aromatic rings. The first-order valence-corrected chi connectivity index (χ1v) is 8.39. The Kier molecular flexibility index (Phi) is 4.07. The van der Waals surface area contributed by atoms with Crippen LogP contribution in [0.25, 0.3) is 33.9 Å². The van der Waals surface area contributed by atoms with Gasteiger partial charge in [-0.1, -0.05) is 60.7 Å². The molecule has 1 heterocycles. The van der Waals surface area contributed by atoms with Crippen LogP contribution in [-0.4, -0.2) is 9.94 Å². The van der Waals surface area contributed by atoms with Crippen LogP contribution in [0.1, 0.15) is 5.56 Å². The molecule has 0 saturated carbocycles. The average molecular weight is 353 g/mol. The standard InChI is InChI=1S/C22H15N3O2/c23-15-16-11-13-19(14-12-16)22-24(26)20(17-7-3-1-4-8-17)21(25(22)27)18-9-5-2-6-10-18/h1-14,26H. The number of benzene rings is 3. The van der Waals surface area contributed by atoms with Crippen molar-refractivity contribution in [3.8, 4) is 40.0 Å². The number of nitrogens with zero attached hydrogens (tertiary/aromatic N) is 3. The molecule has 0 spiro atoms. The van der Waals surface area contributed by atoms with E-state index in [1.54, 1.807) is 24.3 Å². The summed E-state index contributed by atoms with van der Waals surface area (Å²) in [4.78, 5) is 0. The summed E-state index contributed by atoms with van der Waals surface area (Å²) >= 11 is 0. The molecule has 0 saturated heterocycles. The Bertz CT molecular complexity index is 1060. The Hall–Kier alpha value is -4.04. The molecule has 130 valence electrons. The van der Waals surface area contributed by atoms with Crippen LogP contribution in [0.2, 0.25) is 0 Å². The van der Waals surface area contributed by atoms with Crippen molar-refractivity contribution in [2.75, 3.05) is 0 Å². The van der Waals surface area contributed by atoms with Crippen LogP contribution in [0.4, 0.5) is 0 Å². The van der Waals surface area contributed by atoms with E-state index in [1.807, 2.05) is 66.7 Å². The van der Waals surface area contributed by atoms with E-state index in [1.165, 1.54) is 0 Å². The molecule has 0 unspecified atom stereocenters. The molecular formula is C22H15N3O2. The lowest BCUT2D eigenvalue weighted by Gasteiger charge is -2.07. The summed E-state index contributed by atoms with van der Waals surface area (Å²) in [5.41, 5.74) is 3.21. The largest absolute Gasteiger partial charge is 0.710 e. The lowest BCUT2D eigenvalue weighted by molar-refractivity contribution is -0.582. The summed E-state index contributed by atoms with van der Waals surface area (Å²) in [7, 11) is 0. The molecule has 0 fully saturated rings. The van der Waals surface area contributed by atoms with Gasteiger partial charge in [-0.05, 0) is 29.0 Å². The van der Waals surface area contributed by atoms with E-state index in [0.717, 1.165) is 15.0 Å². The minimum atomic E-state index is 0.0946. The summed E-state index contributed by atoms with van der Waals surface area (Å²) in [5, 5.41) is 33.1. The third-order valence-corrected chi connectivity index (χ3v) is 4.40. The molecule has 0 amide bonds. The van der Waals surface area contributed by atoms with Crippen LogP contribution < -0.4 is 4.73 Å². The number of imidazole rings is 1. The molecule has 0 aliphatic heterocycles. The quantitative estimate of drug-likeness (QED) is 0.340. The van der Waals surface area contributed by atoms with Crippen LogP contribution in [0.15, 0.2) is 84.9 Å². The zero-order chi connectivity index (χ0) is 18.8. The van der Waals surface area contributed by atoms with Crippen molar-refractivity contribution in [1.29, 1.82) is 5.26 Å². The molecule has 1 aromatic heterocycles. The smallest absolute Gasteiger partial charge is 0.332 e. The maximum absolute atomic E-state index is 13.2. The van der Waals surface area contributed by atoms with Gasteiger partial charge in [0.15, 0.2) is 5.69 Å². The van der Waals surface area contributed by atoms with Crippen LogP contribution >= 0.6 is 0 Å². The second-order valence-corrected chi connectivity index (χ2v) is 6.05. The summed E-state index contributed by atoms with van der Waals surface area (Å²) in [6, 6.07) is 27.1. The average Bonchev–Trinajstić information content (AvgIpc) is 2.99. The first kappa shape index (κ1) is 16.4. The van der Waals surface area contributed by atoms with Crippen LogP contribution in [0.3, 0.4) is 0 Å². The fraction of sp³-hybridized carbons (Fsp3) is 0. The Morgan fingerprint density at radius 3 is 1.89 bits per heavy atom. The zero-order valence-electron chi connectivity index (χ0n) is 14.3. The molecule has 0 bridgehead atoms. The fourth-order valence-corrected chi connectivity index (χ4v) is 3.13. The van der Waals surface area contributed by atoms with Gasteiger partial charge in [-0.25, -0.2) is 4.73 Å². The Labute approximate surface area is 156 Å². The van der Waals surface area contributed by atoms with Crippen molar-refractivity contribution >= 4 is 0 Å². The van der Waals surface area contributed by atoms with E-state index < -0.39 is 0 Å². The van der Waals surface area contributed by atoms with Crippen molar-refractivity contribution in [3.63, 3.8) is 0 Å². The summed E-state index contributed by atoms with van der Waals surface area (Å²) < 4.78 is 1.66. The third-order valence-electron chi connectivity index (χ3n) is 4.40. The lowest BCUT2D eigenvalue weighted by atomic mass is 10.1. The second-order valence-electron chi connectivity index (χ2n) is 6.05. The molecule has 5 heteroatoms. The van der Waals surface area contributed by atoms with Crippen molar-refractivity contribution in [2.24, 2.45) is 0 Å². The van der Waals surface area contributed by atoms with Crippen molar-refractivity contribution in [3.05, 3.63) is 95.7 Å². The van der Waals surface area contributed by atoms with Gasteiger partial charge in [-0.15, -0.1) is 0 Å². The number of hydrogen-bond acceptors (Lipinski definition) is 3. The van der Waals surface area contributed by atoms with Gasteiger partial charge < -0.3 is 10.4 Å². The van der Waals surface area contributed by atoms with Crippen molar-refractivity contribution < 1.29 is 9.94 Å². The number of nitriles is 1. The highest BCUT2D eigenvalue weighted by atomic mass is 16.5. The number of aromatic nitrogens is 2. The monoisotopic (exact) mass is 353 g/mol. The molecule has 0 aliphatic rings. The van der Waals surface area contributed by atoms with E-state index in [4.69, 9.17) is 5.26 Å². The topological polar surface area (TPSA) is 75.9 Å². The van der Waals surface area contributed by atoms with Gasteiger partial charge in [0.2, 0.25) is 5.69 Å². The molecular weight excluding hydrogens is 338 g/mol. The zero-order valence-corrected chi connectivity index (χ0v) is 14.3. The van der Waals surface area contributed by atoms with Gasteiger partial charge in [0.25, 0.3) is 0 Å². The normalized spacial score (nSPS) is 10.5. The molecule has 1 N–H and O–H groups in total. The van der Waals surface area contributed by atoms with Crippen LogP contribution in [0.5, 0.6) is 0 Å². The molecule has 5 nitrogen and oxygen atoms in total. The van der Waals surface area contributed by atoms with E-state index in [0.29, 0.717) is 28.1 Å². The Morgan fingerprint density at radius 2 is 1.33 bits per heavy atom. The predicted octanol–water partition coefficient (Wildman–Crippen LogP) is 4.23. The minimum absolute atomic E-state index is 0.0946. The van der Waals surface area contributed by atoms with Gasteiger partial charge in [0.05, 0.1) is 17.2 Å². The van der Waals surface area contributed by atoms with E-state index in [9.17, 15) is 10.4 Å². The minimum Gasteiger partial charge on any atom is -0.710 e. The predicted molar refractivity (Wildman–Crippen MR) is 102 cm³/mol. The highest BCUT2D eigenvalue weighted by Gasteiger charge is 2.31. The summed E-state index contributed by atoms with van der Waals surface area (Å²) in [6.07, 6.45) is 0. The molecule has 27 heavy (non-hydrogen) atoms. The van der Waals surface area contributed by atoms with Gasteiger partial charge in [0.1, 0.15) is 0 Å². The van der Waals surface area contributed by atoms with Crippen LogP contribution in [-0.2, 0) is 0 Å². The fourth-order valence-electron chi connectivity index (χ4n) is 3.13. The van der Waals surface area contributed by atoms with Crippen molar-refractivity contribution in [1.82, 2.24) is 4.73 Å². The van der Waals surface area contributed by atoms with E-state index in [2.05, 4.69) is 0 Å². The molecule has 0 radical (unpaired) electrons.